The highest BCUT2D eigenvalue weighted by Gasteiger charge is 2.14. The van der Waals surface area contributed by atoms with E-state index in [0.29, 0.717) is 12.0 Å². The van der Waals surface area contributed by atoms with Gasteiger partial charge in [-0.3, -0.25) is 0 Å². The van der Waals surface area contributed by atoms with Gasteiger partial charge in [-0.25, -0.2) is 8.78 Å². The number of hydrogen-bond acceptors (Lipinski definition) is 1. The zero-order valence-electron chi connectivity index (χ0n) is 12.7. The molecule has 0 amide bonds. The highest BCUT2D eigenvalue weighted by atomic mass is 19.1. The lowest BCUT2D eigenvalue weighted by molar-refractivity contribution is 0.521. The monoisotopic (exact) mass is 289 g/mol. The van der Waals surface area contributed by atoms with Crippen molar-refractivity contribution < 1.29 is 8.78 Å². The SMILES string of the molecule is CCNC(Cc1ccc(F)cc1F)c1ccc(C)c(C)c1. The minimum Gasteiger partial charge on any atom is -0.310 e. The van der Waals surface area contributed by atoms with Crippen molar-refractivity contribution in [2.75, 3.05) is 6.54 Å². The summed E-state index contributed by atoms with van der Waals surface area (Å²) in [5.74, 6) is -1.02. The van der Waals surface area contributed by atoms with E-state index in [2.05, 4.69) is 37.4 Å². The fraction of sp³-hybridized carbons (Fsp3) is 0.333. The molecule has 0 spiro atoms. The molecule has 1 atom stereocenters. The van der Waals surface area contributed by atoms with Crippen molar-refractivity contribution in [3.8, 4) is 0 Å². The molecule has 0 aliphatic heterocycles. The first-order chi connectivity index (χ1) is 10.0. The normalized spacial score (nSPS) is 12.4. The Morgan fingerprint density at radius 3 is 2.38 bits per heavy atom. The van der Waals surface area contributed by atoms with Crippen LogP contribution in [0.5, 0.6) is 0 Å². The molecule has 1 unspecified atom stereocenters. The summed E-state index contributed by atoms with van der Waals surface area (Å²) in [6.45, 7) is 6.96. The van der Waals surface area contributed by atoms with E-state index in [1.165, 1.54) is 23.3 Å². The summed E-state index contributed by atoms with van der Waals surface area (Å²) in [6.07, 6.45) is 0.502. The van der Waals surface area contributed by atoms with Crippen molar-refractivity contribution in [3.63, 3.8) is 0 Å². The number of halogens is 2. The molecule has 21 heavy (non-hydrogen) atoms. The predicted molar refractivity (Wildman–Crippen MR) is 82.4 cm³/mol. The molecule has 0 aromatic heterocycles. The van der Waals surface area contributed by atoms with Gasteiger partial charge in [-0.2, -0.15) is 0 Å². The van der Waals surface area contributed by atoms with Gasteiger partial charge in [-0.1, -0.05) is 31.2 Å². The summed E-state index contributed by atoms with van der Waals surface area (Å²) in [4.78, 5) is 0. The van der Waals surface area contributed by atoms with Crippen LogP contribution in [0, 0.1) is 25.5 Å². The number of rotatable bonds is 5. The molecule has 112 valence electrons. The first kappa shape index (κ1) is 15.6. The Balaban J connectivity index is 2.28. The Bertz CT molecular complexity index is 623. The number of benzene rings is 2. The van der Waals surface area contributed by atoms with Crippen molar-refractivity contribution in [1.82, 2.24) is 5.32 Å². The molecule has 0 bridgehead atoms. The number of likely N-dealkylation sites (N-methyl/N-ethyl adjacent to an activating group) is 1. The van der Waals surface area contributed by atoms with Crippen LogP contribution < -0.4 is 5.32 Å². The molecule has 0 aliphatic carbocycles. The zero-order chi connectivity index (χ0) is 15.4. The van der Waals surface area contributed by atoms with Crippen LogP contribution >= 0.6 is 0 Å². The maximum Gasteiger partial charge on any atom is 0.129 e. The molecule has 3 heteroatoms. The first-order valence-corrected chi connectivity index (χ1v) is 7.25. The minimum absolute atomic E-state index is 0.0225. The molecule has 0 radical (unpaired) electrons. The maximum absolute atomic E-state index is 13.8. The van der Waals surface area contributed by atoms with Crippen LogP contribution in [0.25, 0.3) is 0 Å². The van der Waals surface area contributed by atoms with E-state index >= 15 is 0 Å². The van der Waals surface area contributed by atoms with Crippen molar-refractivity contribution in [1.29, 1.82) is 0 Å². The largest absolute Gasteiger partial charge is 0.310 e. The molecular formula is C18H21F2N. The molecule has 1 N–H and O–H groups in total. The Morgan fingerprint density at radius 2 is 1.76 bits per heavy atom. The molecule has 0 heterocycles. The first-order valence-electron chi connectivity index (χ1n) is 7.25. The summed E-state index contributed by atoms with van der Waals surface area (Å²) in [7, 11) is 0. The fourth-order valence-corrected chi connectivity index (χ4v) is 2.44. The molecule has 0 saturated heterocycles. The van der Waals surface area contributed by atoms with E-state index < -0.39 is 11.6 Å². The summed E-state index contributed by atoms with van der Waals surface area (Å²) in [6, 6.07) is 10.1. The lowest BCUT2D eigenvalue weighted by atomic mass is 9.95. The van der Waals surface area contributed by atoms with Gasteiger partial charge in [-0.05, 0) is 55.1 Å². The Labute approximate surface area is 125 Å². The van der Waals surface area contributed by atoms with Crippen molar-refractivity contribution in [2.45, 2.75) is 33.2 Å². The van der Waals surface area contributed by atoms with Crippen LogP contribution in [-0.4, -0.2) is 6.54 Å². The van der Waals surface area contributed by atoms with Crippen molar-refractivity contribution in [2.24, 2.45) is 0 Å². The van der Waals surface area contributed by atoms with Crippen LogP contribution in [0.1, 0.15) is 35.2 Å². The molecular weight excluding hydrogens is 268 g/mol. The maximum atomic E-state index is 13.8. The third kappa shape index (κ3) is 3.88. The Kier molecular flexibility index (Phi) is 5.07. The van der Waals surface area contributed by atoms with E-state index in [9.17, 15) is 8.78 Å². The second-order valence-corrected chi connectivity index (χ2v) is 5.39. The average molecular weight is 289 g/mol. The van der Waals surface area contributed by atoms with Crippen LogP contribution in [-0.2, 0) is 6.42 Å². The molecule has 2 aromatic carbocycles. The van der Waals surface area contributed by atoms with Crippen molar-refractivity contribution >= 4 is 0 Å². The molecule has 0 saturated carbocycles. The second-order valence-electron chi connectivity index (χ2n) is 5.39. The lowest BCUT2D eigenvalue weighted by Gasteiger charge is -2.20. The van der Waals surface area contributed by atoms with Crippen LogP contribution in [0.4, 0.5) is 8.78 Å². The lowest BCUT2D eigenvalue weighted by Crippen LogP contribution is -2.23. The van der Waals surface area contributed by atoms with Gasteiger partial charge in [0.1, 0.15) is 11.6 Å². The standard InChI is InChI=1S/C18H21F2N/c1-4-21-18(15-6-5-12(2)13(3)9-15)10-14-7-8-16(19)11-17(14)20/h5-9,11,18,21H,4,10H2,1-3H3. The van der Waals surface area contributed by atoms with Gasteiger partial charge < -0.3 is 5.32 Å². The zero-order valence-corrected chi connectivity index (χ0v) is 12.7. The molecule has 2 aromatic rings. The van der Waals surface area contributed by atoms with Gasteiger partial charge >= 0.3 is 0 Å². The molecule has 1 nitrogen and oxygen atoms in total. The van der Waals surface area contributed by atoms with Crippen LogP contribution in [0.3, 0.4) is 0 Å². The van der Waals surface area contributed by atoms with E-state index in [1.807, 2.05) is 6.92 Å². The van der Waals surface area contributed by atoms with Crippen LogP contribution in [0.15, 0.2) is 36.4 Å². The average Bonchev–Trinajstić information content (AvgIpc) is 2.44. The quantitative estimate of drug-likeness (QED) is 0.856. The predicted octanol–water partition coefficient (Wildman–Crippen LogP) is 4.47. The smallest absolute Gasteiger partial charge is 0.129 e. The second kappa shape index (κ2) is 6.81. The summed E-state index contributed by atoms with van der Waals surface area (Å²) < 4.78 is 26.8. The third-order valence-electron chi connectivity index (χ3n) is 3.82. The molecule has 0 aliphatic rings. The fourth-order valence-electron chi connectivity index (χ4n) is 2.44. The van der Waals surface area contributed by atoms with E-state index in [-0.39, 0.29) is 6.04 Å². The number of aryl methyl sites for hydroxylation is 2. The van der Waals surface area contributed by atoms with Gasteiger partial charge in [0.15, 0.2) is 0 Å². The van der Waals surface area contributed by atoms with E-state index in [1.54, 1.807) is 0 Å². The van der Waals surface area contributed by atoms with E-state index in [4.69, 9.17) is 0 Å². The highest BCUT2D eigenvalue weighted by Crippen LogP contribution is 2.22. The summed E-state index contributed by atoms with van der Waals surface area (Å²) >= 11 is 0. The van der Waals surface area contributed by atoms with Crippen molar-refractivity contribution in [3.05, 3.63) is 70.3 Å². The topological polar surface area (TPSA) is 12.0 Å². The Hall–Kier alpha value is -1.74. The van der Waals surface area contributed by atoms with Gasteiger partial charge in [-0.15, -0.1) is 0 Å². The van der Waals surface area contributed by atoms with Gasteiger partial charge in [0.2, 0.25) is 0 Å². The van der Waals surface area contributed by atoms with Gasteiger partial charge in [0.25, 0.3) is 0 Å². The number of hydrogen-bond donors (Lipinski definition) is 1. The molecule has 2 rings (SSSR count). The van der Waals surface area contributed by atoms with E-state index in [0.717, 1.165) is 18.2 Å². The Morgan fingerprint density at radius 1 is 1.00 bits per heavy atom. The van der Waals surface area contributed by atoms with Crippen LogP contribution in [0.2, 0.25) is 0 Å². The minimum atomic E-state index is -0.539. The van der Waals surface area contributed by atoms with Gasteiger partial charge in [0, 0.05) is 12.1 Å². The van der Waals surface area contributed by atoms with Gasteiger partial charge in [0.05, 0.1) is 0 Å². The number of nitrogens with one attached hydrogen (secondary N) is 1. The third-order valence-corrected chi connectivity index (χ3v) is 3.82. The highest BCUT2D eigenvalue weighted by molar-refractivity contribution is 5.33. The summed E-state index contributed by atoms with van der Waals surface area (Å²) in [5.41, 5.74) is 4.11. The summed E-state index contributed by atoms with van der Waals surface area (Å²) in [5, 5.41) is 3.38. The molecule has 0 fully saturated rings.